The first-order valence-corrected chi connectivity index (χ1v) is 7.39. The summed E-state index contributed by atoms with van der Waals surface area (Å²) in [4.78, 5) is 10.2. The second-order valence-corrected chi connectivity index (χ2v) is 5.91. The van der Waals surface area contributed by atoms with Gasteiger partial charge < -0.3 is 9.73 Å². The van der Waals surface area contributed by atoms with E-state index in [0.717, 1.165) is 6.07 Å². The van der Waals surface area contributed by atoms with Crippen molar-refractivity contribution in [1.82, 2.24) is 4.72 Å². The standard InChI is InChI=1S/C12H13N3O5S/c1-13-11-6-10(2-3-12(11)15(16)17)21(18,19)14-7-9-4-5-20-8-9/h2-6,8,13-14H,7H2,1H3. The normalized spacial score (nSPS) is 11.3. The number of benzene rings is 1. The number of nitro groups is 1. The lowest BCUT2D eigenvalue weighted by molar-refractivity contribution is -0.384. The highest BCUT2D eigenvalue weighted by Gasteiger charge is 2.19. The molecule has 0 aliphatic rings. The maximum Gasteiger partial charge on any atom is 0.292 e. The fourth-order valence-corrected chi connectivity index (χ4v) is 2.74. The van der Waals surface area contributed by atoms with E-state index in [1.54, 1.807) is 6.07 Å². The SMILES string of the molecule is CNc1cc(S(=O)(=O)NCc2ccoc2)ccc1[N+](=O)[O-]. The summed E-state index contributed by atoms with van der Waals surface area (Å²) in [5.41, 5.74) is 0.617. The maximum absolute atomic E-state index is 12.1. The number of nitrogens with one attached hydrogen (secondary N) is 2. The summed E-state index contributed by atoms with van der Waals surface area (Å²) in [7, 11) is -2.28. The van der Waals surface area contributed by atoms with E-state index < -0.39 is 14.9 Å². The van der Waals surface area contributed by atoms with Gasteiger partial charge in [0.2, 0.25) is 10.0 Å². The Morgan fingerprint density at radius 2 is 2.10 bits per heavy atom. The molecule has 8 nitrogen and oxygen atoms in total. The Hall–Kier alpha value is -2.39. The van der Waals surface area contributed by atoms with Gasteiger partial charge in [-0.2, -0.15) is 0 Å². The zero-order valence-electron chi connectivity index (χ0n) is 11.1. The lowest BCUT2D eigenvalue weighted by Crippen LogP contribution is -2.23. The second-order valence-electron chi connectivity index (χ2n) is 4.14. The van der Waals surface area contributed by atoms with Crippen molar-refractivity contribution in [2.45, 2.75) is 11.4 Å². The molecule has 2 N–H and O–H groups in total. The van der Waals surface area contributed by atoms with Crippen LogP contribution in [-0.2, 0) is 16.6 Å². The lowest BCUT2D eigenvalue weighted by Gasteiger charge is -2.08. The molecule has 0 saturated heterocycles. The highest BCUT2D eigenvalue weighted by atomic mass is 32.2. The van der Waals surface area contributed by atoms with Crippen molar-refractivity contribution < 1.29 is 17.8 Å². The summed E-state index contributed by atoms with van der Waals surface area (Å²) in [6, 6.07) is 5.20. The first-order valence-electron chi connectivity index (χ1n) is 5.91. The third-order valence-electron chi connectivity index (χ3n) is 2.79. The van der Waals surface area contributed by atoms with Gasteiger partial charge in [0.25, 0.3) is 5.69 Å². The number of anilines is 1. The van der Waals surface area contributed by atoms with Crippen molar-refractivity contribution in [3.05, 3.63) is 52.5 Å². The molecule has 0 spiro atoms. The number of nitrogens with zero attached hydrogens (tertiary/aromatic N) is 1. The van der Waals surface area contributed by atoms with Crippen LogP contribution in [0, 0.1) is 10.1 Å². The largest absolute Gasteiger partial charge is 0.472 e. The Morgan fingerprint density at radius 3 is 2.67 bits per heavy atom. The summed E-state index contributed by atoms with van der Waals surface area (Å²) < 4.78 is 31.5. The molecule has 0 radical (unpaired) electrons. The molecule has 0 fully saturated rings. The van der Waals surface area contributed by atoms with Gasteiger partial charge in [0.1, 0.15) is 5.69 Å². The minimum Gasteiger partial charge on any atom is -0.472 e. The van der Waals surface area contributed by atoms with Crippen LogP contribution >= 0.6 is 0 Å². The number of rotatable bonds is 6. The van der Waals surface area contributed by atoms with Crippen LogP contribution in [0.5, 0.6) is 0 Å². The fraction of sp³-hybridized carbons (Fsp3) is 0.167. The third-order valence-corrected chi connectivity index (χ3v) is 4.19. The molecule has 1 aromatic heterocycles. The minimum absolute atomic E-state index is 0.0547. The van der Waals surface area contributed by atoms with E-state index in [0.29, 0.717) is 5.56 Å². The smallest absolute Gasteiger partial charge is 0.292 e. The topological polar surface area (TPSA) is 114 Å². The van der Waals surface area contributed by atoms with Crippen molar-refractivity contribution in [2.75, 3.05) is 12.4 Å². The maximum atomic E-state index is 12.1. The predicted octanol–water partition coefficient (Wildman–Crippen LogP) is 1.71. The lowest BCUT2D eigenvalue weighted by atomic mass is 10.3. The van der Waals surface area contributed by atoms with Gasteiger partial charge in [-0.25, -0.2) is 13.1 Å². The molecular weight excluding hydrogens is 298 g/mol. The molecule has 1 heterocycles. The molecule has 0 amide bonds. The molecule has 0 aliphatic heterocycles. The molecule has 2 rings (SSSR count). The van der Waals surface area contributed by atoms with Crippen LogP contribution in [0.3, 0.4) is 0 Å². The van der Waals surface area contributed by atoms with E-state index in [9.17, 15) is 18.5 Å². The Morgan fingerprint density at radius 1 is 1.33 bits per heavy atom. The molecular formula is C12H13N3O5S. The molecule has 1 aromatic carbocycles. The van der Waals surface area contributed by atoms with E-state index in [1.807, 2.05) is 0 Å². The van der Waals surface area contributed by atoms with Crippen molar-refractivity contribution >= 4 is 21.4 Å². The van der Waals surface area contributed by atoms with E-state index in [4.69, 9.17) is 4.42 Å². The predicted molar refractivity (Wildman–Crippen MR) is 75.4 cm³/mol. The number of hydrogen-bond acceptors (Lipinski definition) is 6. The summed E-state index contributed by atoms with van der Waals surface area (Å²) in [5, 5.41) is 13.4. The van der Waals surface area contributed by atoms with Crippen molar-refractivity contribution in [2.24, 2.45) is 0 Å². The van der Waals surface area contributed by atoms with E-state index in [2.05, 4.69) is 10.0 Å². The molecule has 0 aliphatic carbocycles. The number of nitro benzene ring substituents is 1. The van der Waals surface area contributed by atoms with Crippen LogP contribution in [0.4, 0.5) is 11.4 Å². The number of sulfonamides is 1. The molecule has 0 atom stereocenters. The van der Waals surface area contributed by atoms with Crippen LogP contribution in [0.2, 0.25) is 0 Å². The number of hydrogen-bond donors (Lipinski definition) is 2. The second kappa shape index (κ2) is 5.94. The van der Waals surface area contributed by atoms with Crippen LogP contribution in [0.1, 0.15) is 5.56 Å². The highest BCUT2D eigenvalue weighted by molar-refractivity contribution is 7.89. The molecule has 21 heavy (non-hydrogen) atoms. The monoisotopic (exact) mass is 311 g/mol. The van der Waals surface area contributed by atoms with E-state index in [1.165, 1.54) is 31.7 Å². The Bertz CT molecular complexity index is 740. The van der Waals surface area contributed by atoms with Gasteiger partial charge in [-0.1, -0.05) is 0 Å². The van der Waals surface area contributed by atoms with E-state index >= 15 is 0 Å². The van der Waals surface area contributed by atoms with Gasteiger partial charge in [-0.15, -0.1) is 0 Å². The summed E-state index contributed by atoms with van der Waals surface area (Å²) >= 11 is 0. The van der Waals surface area contributed by atoms with Crippen LogP contribution in [0.25, 0.3) is 0 Å². The zero-order valence-corrected chi connectivity index (χ0v) is 11.9. The van der Waals surface area contributed by atoms with Gasteiger partial charge in [0.05, 0.1) is 22.3 Å². The summed E-state index contributed by atoms with van der Waals surface area (Å²) in [5.74, 6) is 0. The molecule has 9 heteroatoms. The molecule has 2 aromatic rings. The Labute approximate surface area is 121 Å². The van der Waals surface area contributed by atoms with Gasteiger partial charge >= 0.3 is 0 Å². The molecule has 0 bridgehead atoms. The van der Waals surface area contributed by atoms with Gasteiger partial charge in [-0.3, -0.25) is 10.1 Å². The first kappa shape index (κ1) is 15.0. The fourth-order valence-electron chi connectivity index (χ4n) is 1.70. The van der Waals surface area contributed by atoms with Crippen molar-refractivity contribution in [3.8, 4) is 0 Å². The van der Waals surface area contributed by atoms with Gasteiger partial charge in [-0.05, 0) is 18.2 Å². The molecule has 112 valence electrons. The Kier molecular flexibility index (Phi) is 4.24. The number of furan rings is 1. The van der Waals surface area contributed by atoms with Crippen LogP contribution in [-0.4, -0.2) is 20.4 Å². The van der Waals surface area contributed by atoms with Crippen molar-refractivity contribution in [3.63, 3.8) is 0 Å². The summed E-state index contributed by atoms with van der Waals surface area (Å²) in [6.45, 7) is 0.0741. The molecule has 0 saturated carbocycles. The average Bonchev–Trinajstić information content (AvgIpc) is 2.97. The Balaban J connectivity index is 2.25. The quantitative estimate of drug-likeness (QED) is 0.620. The van der Waals surface area contributed by atoms with Gasteiger partial charge in [0, 0.05) is 25.2 Å². The average molecular weight is 311 g/mol. The third kappa shape index (κ3) is 3.38. The molecule has 0 unspecified atom stereocenters. The van der Waals surface area contributed by atoms with E-state index in [-0.39, 0.29) is 22.8 Å². The highest BCUT2D eigenvalue weighted by Crippen LogP contribution is 2.26. The first-order chi connectivity index (χ1) is 9.94. The van der Waals surface area contributed by atoms with Crippen LogP contribution in [0.15, 0.2) is 46.1 Å². The summed E-state index contributed by atoms with van der Waals surface area (Å²) in [6.07, 6.45) is 2.87. The minimum atomic E-state index is -3.77. The van der Waals surface area contributed by atoms with Crippen molar-refractivity contribution in [1.29, 1.82) is 0 Å². The van der Waals surface area contributed by atoms with Gasteiger partial charge in [0.15, 0.2) is 0 Å². The zero-order chi connectivity index (χ0) is 15.5. The van der Waals surface area contributed by atoms with Crippen LogP contribution < -0.4 is 10.0 Å².